The number of halogens is 1. The van der Waals surface area contributed by atoms with Crippen LogP contribution in [0.15, 0.2) is 30.3 Å². The number of hydrogen-bond acceptors (Lipinski definition) is 2. The van der Waals surface area contributed by atoms with Crippen LogP contribution in [-0.2, 0) is 0 Å². The van der Waals surface area contributed by atoms with Crippen molar-refractivity contribution in [1.82, 2.24) is 9.78 Å². The topological polar surface area (TPSA) is 38.0 Å². The van der Waals surface area contributed by atoms with Gasteiger partial charge in [0.1, 0.15) is 0 Å². The van der Waals surface area contributed by atoms with Crippen LogP contribution in [-0.4, -0.2) is 14.9 Å². The maximum Gasteiger partial charge on any atom is 0.214 e. The quantitative estimate of drug-likeness (QED) is 0.782. The Morgan fingerprint density at radius 1 is 1.29 bits per heavy atom. The molecule has 3 nitrogen and oxygen atoms in total. The van der Waals surface area contributed by atoms with E-state index in [1.807, 2.05) is 6.92 Å². The van der Waals surface area contributed by atoms with Gasteiger partial charge in [-0.05, 0) is 31.2 Å². The third kappa shape index (κ3) is 1.59. The fraction of sp³-hybridized carbons (Fsp3) is 0.100. The molecule has 14 heavy (non-hydrogen) atoms. The highest BCUT2D eigenvalue weighted by molar-refractivity contribution is 6.30. The van der Waals surface area contributed by atoms with E-state index in [9.17, 15) is 5.11 Å². The summed E-state index contributed by atoms with van der Waals surface area (Å²) in [6, 6.07) is 8.72. The molecule has 72 valence electrons. The second-order valence-electron chi connectivity index (χ2n) is 3.03. The van der Waals surface area contributed by atoms with E-state index in [2.05, 4.69) is 5.10 Å². The van der Waals surface area contributed by atoms with Crippen molar-refractivity contribution in [1.29, 1.82) is 0 Å². The van der Waals surface area contributed by atoms with Crippen LogP contribution in [0.5, 0.6) is 5.88 Å². The lowest BCUT2D eigenvalue weighted by atomic mass is 10.3. The van der Waals surface area contributed by atoms with Crippen molar-refractivity contribution in [2.24, 2.45) is 0 Å². The number of nitrogens with zero attached hydrogens (tertiary/aromatic N) is 2. The molecular formula is C10H9ClN2O. The summed E-state index contributed by atoms with van der Waals surface area (Å²) in [6.07, 6.45) is 0. The molecule has 2 rings (SSSR count). The lowest BCUT2D eigenvalue weighted by Crippen LogP contribution is -1.95. The Kier molecular flexibility index (Phi) is 2.17. The van der Waals surface area contributed by atoms with Gasteiger partial charge in [0.2, 0.25) is 5.88 Å². The zero-order valence-electron chi connectivity index (χ0n) is 7.61. The first-order valence-electron chi connectivity index (χ1n) is 4.18. The highest BCUT2D eigenvalue weighted by Crippen LogP contribution is 2.19. The molecule has 0 amide bonds. The second kappa shape index (κ2) is 3.35. The van der Waals surface area contributed by atoms with Gasteiger partial charge in [-0.1, -0.05) is 11.6 Å². The summed E-state index contributed by atoms with van der Waals surface area (Å²) in [5, 5.41) is 14.3. The smallest absolute Gasteiger partial charge is 0.214 e. The maximum absolute atomic E-state index is 9.52. The number of rotatable bonds is 1. The molecule has 0 unspecified atom stereocenters. The molecule has 1 aromatic heterocycles. The van der Waals surface area contributed by atoms with Gasteiger partial charge in [-0.25, -0.2) is 4.68 Å². The summed E-state index contributed by atoms with van der Waals surface area (Å²) in [5.41, 5.74) is 1.57. The Hall–Kier alpha value is -1.48. The van der Waals surface area contributed by atoms with Crippen molar-refractivity contribution >= 4 is 11.6 Å². The van der Waals surface area contributed by atoms with Crippen LogP contribution in [0.3, 0.4) is 0 Å². The van der Waals surface area contributed by atoms with E-state index in [-0.39, 0.29) is 5.88 Å². The Bertz CT molecular complexity index is 448. The van der Waals surface area contributed by atoms with Crippen molar-refractivity contribution < 1.29 is 5.11 Å². The molecule has 4 heteroatoms. The molecule has 0 saturated carbocycles. The van der Waals surface area contributed by atoms with Crippen molar-refractivity contribution in [3.63, 3.8) is 0 Å². The van der Waals surface area contributed by atoms with Crippen LogP contribution in [0.1, 0.15) is 5.69 Å². The summed E-state index contributed by atoms with van der Waals surface area (Å²) in [5.74, 6) is 0.129. The van der Waals surface area contributed by atoms with Gasteiger partial charge in [0, 0.05) is 11.1 Å². The Balaban J connectivity index is 2.49. The predicted octanol–water partition coefficient (Wildman–Crippen LogP) is 2.54. The van der Waals surface area contributed by atoms with Gasteiger partial charge in [0.15, 0.2) is 0 Å². The van der Waals surface area contributed by atoms with Crippen LogP contribution in [0.25, 0.3) is 5.69 Å². The Morgan fingerprint density at radius 3 is 2.43 bits per heavy atom. The summed E-state index contributed by atoms with van der Waals surface area (Å²) in [4.78, 5) is 0. The van der Waals surface area contributed by atoms with Gasteiger partial charge in [-0.3, -0.25) is 0 Å². The first-order valence-corrected chi connectivity index (χ1v) is 4.56. The van der Waals surface area contributed by atoms with Gasteiger partial charge in [-0.15, -0.1) is 0 Å². The molecular weight excluding hydrogens is 200 g/mol. The van der Waals surface area contributed by atoms with Crippen molar-refractivity contribution in [2.75, 3.05) is 0 Å². The zero-order chi connectivity index (χ0) is 10.1. The predicted molar refractivity (Wildman–Crippen MR) is 55.0 cm³/mol. The summed E-state index contributed by atoms with van der Waals surface area (Å²) in [6.45, 7) is 1.83. The van der Waals surface area contributed by atoms with Crippen molar-refractivity contribution in [2.45, 2.75) is 6.92 Å². The fourth-order valence-corrected chi connectivity index (χ4v) is 1.38. The minimum Gasteiger partial charge on any atom is -0.493 e. The number of aromatic hydroxyl groups is 1. The molecule has 0 atom stereocenters. The van der Waals surface area contributed by atoms with Gasteiger partial charge in [0.05, 0.1) is 11.4 Å². The van der Waals surface area contributed by atoms with E-state index in [1.54, 1.807) is 30.3 Å². The molecule has 0 fully saturated rings. The van der Waals surface area contributed by atoms with Crippen LogP contribution in [0.2, 0.25) is 5.02 Å². The molecule has 1 aromatic carbocycles. The number of hydrogen-bond donors (Lipinski definition) is 1. The van der Waals surface area contributed by atoms with Gasteiger partial charge >= 0.3 is 0 Å². The molecule has 1 N–H and O–H groups in total. The van der Waals surface area contributed by atoms with Gasteiger partial charge in [0.25, 0.3) is 0 Å². The normalized spacial score (nSPS) is 10.4. The summed E-state index contributed by atoms with van der Waals surface area (Å²) < 4.78 is 1.46. The van der Waals surface area contributed by atoms with E-state index in [0.717, 1.165) is 11.4 Å². The molecule has 0 aliphatic rings. The molecule has 2 aromatic rings. The molecule has 1 heterocycles. The summed E-state index contributed by atoms with van der Waals surface area (Å²) in [7, 11) is 0. The average Bonchev–Trinajstić information content (AvgIpc) is 2.47. The fourth-order valence-electron chi connectivity index (χ4n) is 1.26. The van der Waals surface area contributed by atoms with Crippen LogP contribution in [0, 0.1) is 6.92 Å². The van der Waals surface area contributed by atoms with Crippen molar-refractivity contribution in [3.8, 4) is 11.6 Å². The van der Waals surface area contributed by atoms with Gasteiger partial charge < -0.3 is 5.11 Å². The number of benzene rings is 1. The van der Waals surface area contributed by atoms with E-state index in [1.165, 1.54) is 4.68 Å². The van der Waals surface area contributed by atoms with E-state index in [4.69, 9.17) is 11.6 Å². The standard InChI is InChI=1S/C10H9ClN2O/c1-7-6-10(14)13(12-7)9-4-2-8(11)3-5-9/h2-6,14H,1H3. The lowest BCUT2D eigenvalue weighted by Gasteiger charge is -2.02. The molecule has 0 spiro atoms. The average molecular weight is 209 g/mol. The molecule has 0 bridgehead atoms. The minimum atomic E-state index is 0.129. The van der Waals surface area contributed by atoms with Crippen LogP contribution in [0.4, 0.5) is 0 Å². The first kappa shape index (κ1) is 9.09. The molecule has 0 aliphatic heterocycles. The number of aromatic nitrogens is 2. The Morgan fingerprint density at radius 2 is 1.93 bits per heavy atom. The molecule has 0 saturated heterocycles. The third-order valence-corrected chi connectivity index (χ3v) is 2.14. The second-order valence-corrected chi connectivity index (χ2v) is 3.47. The number of aryl methyl sites for hydroxylation is 1. The van der Waals surface area contributed by atoms with E-state index < -0.39 is 0 Å². The monoisotopic (exact) mass is 208 g/mol. The molecule has 0 aliphatic carbocycles. The highest BCUT2D eigenvalue weighted by atomic mass is 35.5. The maximum atomic E-state index is 9.52. The Labute approximate surface area is 86.6 Å². The van der Waals surface area contributed by atoms with Crippen LogP contribution < -0.4 is 0 Å². The van der Waals surface area contributed by atoms with Crippen LogP contribution >= 0.6 is 11.6 Å². The third-order valence-electron chi connectivity index (χ3n) is 1.88. The lowest BCUT2D eigenvalue weighted by molar-refractivity contribution is 0.433. The minimum absolute atomic E-state index is 0.129. The SMILES string of the molecule is Cc1cc(O)n(-c2ccc(Cl)cc2)n1. The van der Waals surface area contributed by atoms with Crippen molar-refractivity contribution in [3.05, 3.63) is 41.0 Å². The van der Waals surface area contributed by atoms with Gasteiger partial charge in [-0.2, -0.15) is 5.10 Å². The zero-order valence-corrected chi connectivity index (χ0v) is 8.36. The summed E-state index contributed by atoms with van der Waals surface area (Å²) >= 11 is 5.75. The largest absolute Gasteiger partial charge is 0.493 e. The highest BCUT2D eigenvalue weighted by Gasteiger charge is 2.04. The van der Waals surface area contributed by atoms with E-state index in [0.29, 0.717) is 5.02 Å². The molecule has 0 radical (unpaired) electrons. The van der Waals surface area contributed by atoms with E-state index >= 15 is 0 Å². The first-order chi connectivity index (χ1) is 6.66.